The van der Waals surface area contributed by atoms with E-state index in [1.165, 1.54) is 0 Å². The van der Waals surface area contributed by atoms with Crippen LogP contribution in [-0.2, 0) is 19.6 Å². The number of imidazole rings is 1. The molecule has 2 rings (SSSR count). The summed E-state index contributed by atoms with van der Waals surface area (Å²) in [5.74, 6) is 1.31. The van der Waals surface area contributed by atoms with Crippen LogP contribution in [0.3, 0.4) is 0 Å². The first-order valence-corrected chi connectivity index (χ1v) is 7.63. The Hall–Kier alpha value is -2.09. The second-order valence-electron chi connectivity index (χ2n) is 4.49. The molecule has 2 aromatic rings. The van der Waals surface area contributed by atoms with Crippen molar-refractivity contribution < 1.29 is 9.53 Å². The lowest BCUT2D eigenvalue weighted by molar-refractivity contribution is 0.239. The molecule has 0 aliphatic heterocycles. The summed E-state index contributed by atoms with van der Waals surface area (Å²) in [6.45, 7) is 3.54. The molecule has 0 saturated carbocycles. The van der Waals surface area contributed by atoms with Crippen molar-refractivity contribution >= 4 is 22.0 Å². The third kappa shape index (κ3) is 4.20. The van der Waals surface area contributed by atoms with Crippen molar-refractivity contribution in [2.24, 2.45) is 0 Å². The quantitative estimate of drug-likeness (QED) is 0.818. The van der Waals surface area contributed by atoms with Gasteiger partial charge in [0, 0.05) is 41.7 Å². The van der Waals surface area contributed by atoms with Crippen LogP contribution in [0.5, 0.6) is 5.88 Å². The molecule has 8 heteroatoms. The van der Waals surface area contributed by atoms with Gasteiger partial charge < -0.3 is 19.9 Å². The average Bonchev–Trinajstić information content (AvgIpc) is 2.98. The van der Waals surface area contributed by atoms with Gasteiger partial charge in [-0.3, -0.25) is 0 Å². The maximum atomic E-state index is 11.9. The number of nitrogens with zero attached hydrogens (tertiary/aromatic N) is 3. The average molecular weight is 368 g/mol. The minimum atomic E-state index is -0.271. The number of hydrogen-bond acceptors (Lipinski definition) is 4. The maximum Gasteiger partial charge on any atom is 0.315 e. The molecule has 0 bridgehead atoms. The Kier molecular flexibility index (Phi) is 5.76. The van der Waals surface area contributed by atoms with E-state index in [9.17, 15) is 4.79 Å². The van der Waals surface area contributed by atoms with Gasteiger partial charge in [0.25, 0.3) is 0 Å². The van der Waals surface area contributed by atoms with Crippen molar-refractivity contribution in [2.45, 2.75) is 26.6 Å². The highest BCUT2D eigenvalue weighted by atomic mass is 79.9. The fourth-order valence-corrected chi connectivity index (χ4v) is 2.35. The monoisotopic (exact) mass is 367 g/mol. The van der Waals surface area contributed by atoms with Crippen LogP contribution < -0.4 is 15.4 Å². The van der Waals surface area contributed by atoms with E-state index in [-0.39, 0.29) is 6.03 Å². The molecule has 0 atom stereocenters. The van der Waals surface area contributed by atoms with Crippen LogP contribution in [0.4, 0.5) is 4.79 Å². The fourth-order valence-electron chi connectivity index (χ4n) is 1.97. The van der Waals surface area contributed by atoms with Crippen molar-refractivity contribution in [3.8, 4) is 5.88 Å². The first kappa shape index (κ1) is 16.3. The Morgan fingerprint density at radius 2 is 2.14 bits per heavy atom. The summed E-state index contributed by atoms with van der Waals surface area (Å²) in [5, 5.41) is 5.55. The number of carbonyl (C=O) groups is 1. The molecule has 0 fully saturated rings. The lowest BCUT2D eigenvalue weighted by Crippen LogP contribution is -2.35. The Balaban J connectivity index is 1.87. The van der Waals surface area contributed by atoms with Crippen LogP contribution in [0.1, 0.15) is 18.3 Å². The van der Waals surface area contributed by atoms with Gasteiger partial charge in [0.05, 0.1) is 13.7 Å². The normalized spacial score (nSPS) is 10.3. The molecule has 0 radical (unpaired) electrons. The molecule has 2 N–H and O–H groups in total. The van der Waals surface area contributed by atoms with Crippen LogP contribution in [0.15, 0.2) is 29.1 Å². The van der Waals surface area contributed by atoms with Gasteiger partial charge >= 0.3 is 6.03 Å². The first-order valence-electron chi connectivity index (χ1n) is 6.84. The minimum absolute atomic E-state index is 0.271. The molecule has 7 nitrogen and oxygen atoms in total. The molecule has 0 aliphatic carbocycles. The van der Waals surface area contributed by atoms with Gasteiger partial charge in [0.15, 0.2) is 0 Å². The van der Waals surface area contributed by atoms with E-state index in [4.69, 9.17) is 4.74 Å². The molecule has 2 aromatic heterocycles. The summed E-state index contributed by atoms with van der Waals surface area (Å²) < 4.78 is 7.97. The summed E-state index contributed by atoms with van der Waals surface area (Å²) in [4.78, 5) is 20.2. The number of aryl methyl sites for hydroxylation is 1. The molecule has 118 valence electrons. The van der Waals surface area contributed by atoms with Gasteiger partial charge in [-0.2, -0.15) is 0 Å². The standard InChI is InChI=1S/C14H18BrN5O2/c1-3-20-5-4-16-12(20)9-19-14(21)18-7-10-6-11(15)8-17-13(10)22-2/h4-6,8H,3,7,9H2,1-2H3,(H2,18,19,21). The molecule has 2 heterocycles. The van der Waals surface area contributed by atoms with Gasteiger partial charge in [-0.25, -0.2) is 14.8 Å². The van der Waals surface area contributed by atoms with E-state index in [0.717, 1.165) is 22.4 Å². The number of nitrogens with one attached hydrogen (secondary N) is 2. The third-order valence-corrected chi connectivity index (χ3v) is 3.51. The third-order valence-electron chi connectivity index (χ3n) is 3.07. The number of ether oxygens (including phenoxy) is 1. The SMILES string of the molecule is CCn1ccnc1CNC(=O)NCc1cc(Br)cnc1OC. The summed E-state index contributed by atoms with van der Waals surface area (Å²) in [6.07, 6.45) is 5.25. The van der Waals surface area contributed by atoms with Gasteiger partial charge in [-0.05, 0) is 28.9 Å². The summed E-state index contributed by atoms with van der Waals surface area (Å²) in [7, 11) is 1.55. The zero-order valence-corrected chi connectivity index (χ0v) is 14.1. The van der Waals surface area contributed by atoms with E-state index >= 15 is 0 Å². The molecule has 0 saturated heterocycles. The Morgan fingerprint density at radius 1 is 1.36 bits per heavy atom. The highest BCUT2D eigenvalue weighted by Gasteiger charge is 2.08. The Morgan fingerprint density at radius 3 is 2.86 bits per heavy atom. The molecule has 2 amide bonds. The van der Waals surface area contributed by atoms with Crippen molar-refractivity contribution in [3.63, 3.8) is 0 Å². The Bertz CT molecular complexity index is 644. The number of halogens is 1. The highest BCUT2D eigenvalue weighted by Crippen LogP contribution is 2.19. The van der Waals surface area contributed by atoms with Crippen LogP contribution >= 0.6 is 15.9 Å². The number of methoxy groups -OCH3 is 1. The molecule has 0 spiro atoms. The van der Waals surface area contributed by atoms with Crippen molar-refractivity contribution in [3.05, 3.63) is 40.5 Å². The van der Waals surface area contributed by atoms with E-state index in [0.29, 0.717) is 19.0 Å². The number of amides is 2. The summed E-state index contributed by atoms with van der Waals surface area (Å²) >= 11 is 3.35. The topological polar surface area (TPSA) is 81.1 Å². The molecule has 0 aliphatic rings. The molecule has 0 aromatic carbocycles. The van der Waals surface area contributed by atoms with Gasteiger partial charge in [0.1, 0.15) is 5.82 Å². The molecular formula is C14H18BrN5O2. The molecule has 22 heavy (non-hydrogen) atoms. The van der Waals surface area contributed by atoms with Crippen LogP contribution in [0.2, 0.25) is 0 Å². The zero-order chi connectivity index (χ0) is 15.9. The van der Waals surface area contributed by atoms with E-state index in [1.807, 2.05) is 23.8 Å². The molecular weight excluding hydrogens is 350 g/mol. The van der Waals surface area contributed by atoms with E-state index in [1.54, 1.807) is 19.5 Å². The van der Waals surface area contributed by atoms with Crippen molar-refractivity contribution in [2.75, 3.05) is 7.11 Å². The second-order valence-corrected chi connectivity index (χ2v) is 5.40. The van der Waals surface area contributed by atoms with Crippen LogP contribution in [-0.4, -0.2) is 27.7 Å². The molecule has 0 unspecified atom stereocenters. The smallest absolute Gasteiger partial charge is 0.315 e. The summed E-state index contributed by atoms with van der Waals surface area (Å²) in [6, 6.07) is 1.59. The Labute approximate surface area is 137 Å². The van der Waals surface area contributed by atoms with Crippen LogP contribution in [0.25, 0.3) is 0 Å². The number of urea groups is 1. The number of carbonyl (C=O) groups excluding carboxylic acids is 1. The van der Waals surface area contributed by atoms with E-state index in [2.05, 4.69) is 36.5 Å². The maximum absolute atomic E-state index is 11.9. The van der Waals surface area contributed by atoms with Gasteiger partial charge in [-0.1, -0.05) is 0 Å². The fraction of sp³-hybridized carbons (Fsp3) is 0.357. The van der Waals surface area contributed by atoms with Crippen molar-refractivity contribution in [1.82, 2.24) is 25.2 Å². The van der Waals surface area contributed by atoms with Gasteiger partial charge in [0.2, 0.25) is 5.88 Å². The summed E-state index contributed by atoms with van der Waals surface area (Å²) in [5.41, 5.74) is 0.794. The number of hydrogen-bond donors (Lipinski definition) is 2. The lowest BCUT2D eigenvalue weighted by Gasteiger charge is -2.10. The van der Waals surface area contributed by atoms with Crippen LogP contribution in [0, 0.1) is 0 Å². The number of pyridine rings is 1. The largest absolute Gasteiger partial charge is 0.481 e. The van der Waals surface area contributed by atoms with Crippen molar-refractivity contribution in [1.29, 1.82) is 0 Å². The minimum Gasteiger partial charge on any atom is -0.481 e. The second kappa shape index (κ2) is 7.79. The zero-order valence-electron chi connectivity index (χ0n) is 12.5. The number of aromatic nitrogens is 3. The number of rotatable bonds is 6. The van der Waals surface area contributed by atoms with E-state index < -0.39 is 0 Å². The van der Waals surface area contributed by atoms with Gasteiger partial charge in [-0.15, -0.1) is 0 Å². The first-order chi connectivity index (χ1) is 10.6. The predicted molar refractivity (Wildman–Crippen MR) is 85.5 cm³/mol. The highest BCUT2D eigenvalue weighted by molar-refractivity contribution is 9.10. The lowest BCUT2D eigenvalue weighted by atomic mass is 10.2. The predicted octanol–water partition coefficient (Wildman–Crippen LogP) is 2.07.